The van der Waals surface area contributed by atoms with Crippen LogP contribution in [0.4, 0.5) is 8.78 Å². The van der Waals surface area contributed by atoms with E-state index < -0.39 is 36.3 Å². The van der Waals surface area contributed by atoms with Crippen LogP contribution in [-0.2, 0) is 15.5 Å². The summed E-state index contributed by atoms with van der Waals surface area (Å²) in [5.41, 5.74) is 2.27. The van der Waals surface area contributed by atoms with Gasteiger partial charge in [-0.05, 0) is 42.3 Å². The summed E-state index contributed by atoms with van der Waals surface area (Å²) in [5, 5.41) is 17.4. The maximum atomic E-state index is 14.4. The number of ether oxygens (including phenoxy) is 2. The maximum Gasteiger partial charge on any atom is 0.306 e. The molecule has 32 heavy (non-hydrogen) atoms. The molecule has 1 aliphatic rings. The predicted octanol–water partition coefficient (Wildman–Crippen LogP) is 4.98. The van der Waals surface area contributed by atoms with Crippen LogP contribution in [0.1, 0.15) is 53.9 Å². The van der Waals surface area contributed by atoms with Crippen LogP contribution in [-0.4, -0.2) is 33.0 Å². The molecule has 0 saturated carbocycles. The third kappa shape index (κ3) is 3.82. The van der Waals surface area contributed by atoms with E-state index >= 15 is 0 Å². The van der Waals surface area contributed by atoms with Crippen LogP contribution in [0, 0.1) is 6.92 Å². The first-order valence-electron chi connectivity index (χ1n) is 9.76. The van der Waals surface area contributed by atoms with E-state index in [4.69, 9.17) is 21.1 Å². The number of carboxylic acid groups (broad SMARTS) is 1. The Kier molecular flexibility index (Phi) is 5.64. The quantitative estimate of drug-likeness (QED) is 0.574. The summed E-state index contributed by atoms with van der Waals surface area (Å²) in [4.78, 5) is 11.6. The number of hydrogen-bond acceptors (Lipinski definition) is 5. The Balaban J connectivity index is 2.03. The number of rotatable bonds is 5. The van der Waals surface area contributed by atoms with E-state index in [2.05, 4.69) is 10.2 Å². The zero-order chi connectivity index (χ0) is 23.2. The number of aromatic nitrogens is 3. The molecule has 0 spiro atoms. The Bertz CT molecular complexity index is 1190. The van der Waals surface area contributed by atoms with Crippen molar-refractivity contribution in [3.8, 4) is 11.4 Å². The molecule has 168 valence electrons. The van der Waals surface area contributed by atoms with Gasteiger partial charge in [-0.1, -0.05) is 23.7 Å². The van der Waals surface area contributed by atoms with Crippen LogP contribution >= 0.6 is 11.6 Å². The van der Waals surface area contributed by atoms with E-state index in [1.54, 1.807) is 30.3 Å². The standard InChI is InChI=1S/C22H20ClF2N3O4/c1-11-13(5-4-6-16(11)31-3)19-14-9-12(23)7-8-15(14)28-20(17(32-19)10-18(29)30)26-27-21(28)22(2,24)25/h4-9,17,19H,10H2,1-3H3,(H,29,30)/t17-,19-/m1/s1. The number of hydrogen-bond donors (Lipinski definition) is 1. The van der Waals surface area contributed by atoms with Crippen LogP contribution in [0.2, 0.25) is 5.02 Å². The van der Waals surface area contributed by atoms with Gasteiger partial charge >= 0.3 is 11.9 Å². The van der Waals surface area contributed by atoms with Gasteiger partial charge in [0.15, 0.2) is 5.82 Å². The number of alkyl halides is 2. The van der Waals surface area contributed by atoms with Crippen molar-refractivity contribution in [1.29, 1.82) is 0 Å². The second-order valence-electron chi connectivity index (χ2n) is 7.59. The molecule has 2 atom stereocenters. The minimum absolute atomic E-state index is 0.0180. The lowest BCUT2D eigenvalue weighted by atomic mass is 9.95. The fourth-order valence-electron chi connectivity index (χ4n) is 3.94. The summed E-state index contributed by atoms with van der Waals surface area (Å²) in [6.45, 7) is 2.55. The van der Waals surface area contributed by atoms with Gasteiger partial charge in [-0.2, -0.15) is 8.78 Å². The molecule has 0 aliphatic carbocycles. The zero-order valence-corrected chi connectivity index (χ0v) is 18.2. The molecule has 4 rings (SSSR count). The average molecular weight is 464 g/mol. The Labute approximate surface area is 187 Å². The van der Waals surface area contributed by atoms with Crippen molar-refractivity contribution in [3.05, 3.63) is 69.8 Å². The summed E-state index contributed by atoms with van der Waals surface area (Å²) in [6.07, 6.45) is -2.45. The third-order valence-corrected chi connectivity index (χ3v) is 5.61. The second-order valence-corrected chi connectivity index (χ2v) is 8.02. The van der Waals surface area contributed by atoms with Gasteiger partial charge in [0.05, 0.1) is 19.2 Å². The summed E-state index contributed by atoms with van der Waals surface area (Å²) in [5.74, 6) is -4.52. The van der Waals surface area contributed by atoms with E-state index in [0.29, 0.717) is 34.5 Å². The molecule has 7 nitrogen and oxygen atoms in total. The number of carboxylic acids is 1. The largest absolute Gasteiger partial charge is 0.496 e. The van der Waals surface area contributed by atoms with E-state index in [9.17, 15) is 18.7 Å². The molecule has 0 amide bonds. The SMILES string of the molecule is COc1cccc([C@H]2O[C@H](CC(=O)O)c3nnc(C(C)(F)F)n3-c3ccc(Cl)cc32)c1C. The molecule has 0 fully saturated rings. The zero-order valence-electron chi connectivity index (χ0n) is 17.5. The highest BCUT2D eigenvalue weighted by molar-refractivity contribution is 6.30. The highest BCUT2D eigenvalue weighted by Crippen LogP contribution is 2.44. The van der Waals surface area contributed by atoms with Crippen LogP contribution in [0.25, 0.3) is 5.69 Å². The summed E-state index contributed by atoms with van der Waals surface area (Å²) < 4.78 is 41.7. The molecular formula is C22H20ClF2N3O4. The van der Waals surface area contributed by atoms with Crippen molar-refractivity contribution in [3.63, 3.8) is 0 Å². The van der Waals surface area contributed by atoms with Gasteiger partial charge in [-0.15, -0.1) is 10.2 Å². The van der Waals surface area contributed by atoms with E-state index in [1.165, 1.54) is 11.7 Å². The maximum absolute atomic E-state index is 14.4. The lowest BCUT2D eigenvalue weighted by Gasteiger charge is -2.24. The lowest BCUT2D eigenvalue weighted by Crippen LogP contribution is -2.18. The first-order valence-corrected chi connectivity index (χ1v) is 10.1. The number of aliphatic carboxylic acids is 1. The van der Waals surface area contributed by atoms with Crippen LogP contribution < -0.4 is 4.74 Å². The van der Waals surface area contributed by atoms with Crippen molar-refractivity contribution in [2.45, 2.75) is 38.4 Å². The van der Waals surface area contributed by atoms with E-state index in [0.717, 1.165) is 5.56 Å². The molecule has 1 aliphatic heterocycles. The van der Waals surface area contributed by atoms with Gasteiger partial charge in [0.25, 0.3) is 0 Å². The number of fused-ring (bicyclic) bond motifs is 3. The van der Waals surface area contributed by atoms with Gasteiger partial charge in [-0.3, -0.25) is 9.36 Å². The number of benzene rings is 2. The Hall–Kier alpha value is -3.04. The average Bonchev–Trinajstić information content (AvgIpc) is 3.12. The lowest BCUT2D eigenvalue weighted by molar-refractivity contribution is -0.141. The Morgan fingerprint density at radius 3 is 2.69 bits per heavy atom. The fourth-order valence-corrected chi connectivity index (χ4v) is 4.12. The number of halogens is 3. The van der Waals surface area contributed by atoms with Crippen LogP contribution in [0.3, 0.4) is 0 Å². The molecule has 2 heterocycles. The number of carbonyl (C=O) groups is 1. The van der Waals surface area contributed by atoms with Gasteiger partial charge < -0.3 is 14.6 Å². The van der Waals surface area contributed by atoms with E-state index in [-0.39, 0.29) is 5.82 Å². The normalized spacial score (nSPS) is 17.9. The van der Waals surface area contributed by atoms with E-state index in [1.807, 2.05) is 13.0 Å². The number of nitrogens with zero attached hydrogens (tertiary/aromatic N) is 3. The highest BCUT2D eigenvalue weighted by atomic mass is 35.5. The minimum atomic E-state index is -3.33. The second kappa shape index (κ2) is 8.14. The molecule has 0 bridgehead atoms. The summed E-state index contributed by atoms with van der Waals surface area (Å²) >= 11 is 6.27. The fraction of sp³-hybridized carbons (Fsp3) is 0.318. The molecule has 1 N–H and O–H groups in total. The van der Waals surface area contributed by atoms with Gasteiger partial charge in [0.2, 0.25) is 5.82 Å². The van der Waals surface area contributed by atoms with Gasteiger partial charge in [-0.25, -0.2) is 0 Å². The highest BCUT2D eigenvalue weighted by Gasteiger charge is 2.40. The first kappa shape index (κ1) is 22.2. The Morgan fingerprint density at radius 1 is 1.28 bits per heavy atom. The summed E-state index contributed by atoms with van der Waals surface area (Å²) in [6, 6.07) is 10.1. The minimum Gasteiger partial charge on any atom is -0.496 e. The van der Waals surface area contributed by atoms with Crippen molar-refractivity contribution >= 4 is 17.6 Å². The molecule has 10 heteroatoms. The molecule has 0 saturated heterocycles. The topological polar surface area (TPSA) is 86.5 Å². The molecule has 1 aromatic heterocycles. The third-order valence-electron chi connectivity index (χ3n) is 5.37. The molecule has 0 radical (unpaired) electrons. The van der Waals surface area contributed by atoms with Crippen molar-refractivity contribution in [2.75, 3.05) is 7.11 Å². The van der Waals surface area contributed by atoms with Gasteiger partial charge in [0.1, 0.15) is 18.0 Å². The molecule has 3 aromatic rings. The predicted molar refractivity (Wildman–Crippen MR) is 112 cm³/mol. The Morgan fingerprint density at radius 2 is 2.03 bits per heavy atom. The van der Waals surface area contributed by atoms with Crippen LogP contribution in [0.5, 0.6) is 5.75 Å². The number of methoxy groups -OCH3 is 1. The first-order chi connectivity index (χ1) is 15.1. The van der Waals surface area contributed by atoms with Crippen molar-refractivity contribution in [1.82, 2.24) is 14.8 Å². The smallest absolute Gasteiger partial charge is 0.306 e. The van der Waals surface area contributed by atoms with Crippen molar-refractivity contribution in [2.24, 2.45) is 0 Å². The van der Waals surface area contributed by atoms with Crippen LogP contribution in [0.15, 0.2) is 36.4 Å². The molecule has 2 aromatic carbocycles. The van der Waals surface area contributed by atoms with Crippen molar-refractivity contribution < 1.29 is 28.2 Å². The van der Waals surface area contributed by atoms with Gasteiger partial charge in [0, 0.05) is 17.5 Å². The summed E-state index contributed by atoms with van der Waals surface area (Å²) in [7, 11) is 1.54. The molecule has 0 unspecified atom stereocenters. The molecular weight excluding hydrogens is 444 g/mol. The monoisotopic (exact) mass is 463 g/mol.